The van der Waals surface area contributed by atoms with Gasteiger partial charge in [0.2, 0.25) is 0 Å². The standard InChI is InChI=1S/C12H26BNO2/c1-5-9-6-11(13(15)16)10(9)7-12(2,3)8-14-4/h9-11,14-16H,5-8H2,1-4H3/t9?,10-,11?/m1/s1. The highest BCUT2D eigenvalue weighted by atomic mass is 16.4. The van der Waals surface area contributed by atoms with Crippen LogP contribution in [-0.2, 0) is 0 Å². The van der Waals surface area contributed by atoms with E-state index in [1.54, 1.807) is 0 Å². The van der Waals surface area contributed by atoms with Gasteiger partial charge in [-0.2, -0.15) is 0 Å². The first-order valence-electron chi connectivity index (χ1n) is 6.42. The molecule has 1 aliphatic rings. The second-order valence-corrected chi connectivity index (χ2v) is 6.04. The molecule has 94 valence electrons. The zero-order chi connectivity index (χ0) is 12.3. The van der Waals surface area contributed by atoms with Crippen molar-refractivity contribution in [2.45, 2.75) is 45.9 Å². The van der Waals surface area contributed by atoms with E-state index in [0.29, 0.717) is 11.8 Å². The minimum atomic E-state index is -1.13. The van der Waals surface area contributed by atoms with E-state index in [-0.39, 0.29) is 11.2 Å². The molecule has 0 aromatic heterocycles. The van der Waals surface area contributed by atoms with Crippen molar-refractivity contribution in [3.05, 3.63) is 0 Å². The fourth-order valence-corrected chi connectivity index (χ4v) is 3.17. The van der Waals surface area contributed by atoms with Crippen LogP contribution in [0.3, 0.4) is 0 Å². The van der Waals surface area contributed by atoms with Gasteiger partial charge in [0.25, 0.3) is 0 Å². The van der Waals surface area contributed by atoms with Crippen LogP contribution in [0.5, 0.6) is 0 Å². The molecular formula is C12H26BNO2. The summed E-state index contributed by atoms with van der Waals surface area (Å²) in [5.41, 5.74) is 0.237. The van der Waals surface area contributed by atoms with E-state index < -0.39 is 7.12 Å². The molecule has 0 saturated heterocycles. The highest BCUT2D eigenvalue weighted by Gasteiger charge is 2.47. The summed E-state index contributed by atoms with van der Waals surface area (Å²) >= 11 is 0. The van der Waals surface area contributed by atoms with Gasteiger partial charge in [-0.1, -0.05) is 27.2 Å². The van der Waals surface area contributed by atoms with Gasteiger partial charge in [-0.05, 0) is 49.5 Å². The third kappa shape index (κ3) is 3.22. The lowest BCUT2D eigenvalue weighted by molar-refractivity contribution is 0.0888. The molecule has 4 heteroatoms. The van der Waals surface area contributed by atoms with E-state index >= 15 is 0 Å². The zero-order valence-corrected chi connectivity index (χ0v) is 11.0. The van der Waals surface area contributed by atoms with Crippen LogP contribution in [0.2, 0.25) is 5.82 Å². The predicted octanol–water partition coefficient (Wildman–Crippen LogP) is 1.51. The number of hydrogen-bond donors (Lipinski definition) is 3. The Bertz CT molecular complexity index is 221. The van der Waals surface area contributed by atoms with Crippen LogP contribution >= 0.6 is 0 Å². The highest BCUT2D eigenvalue weighted by Crippen LogP contribution is 2.52. The van der Waals surface area contributed by atoms with Gasteiger partial charge in [0, 0.05) is 0 Å². The summed E-state index contributed by atoms with van der Waals surface area (Å²) in [5, 5.41) is 21.9. The molecule has 0 aliphatic heterocycles. The monoisotopic (exact) mass is 227 g/mol. The molecule has 16 heavy (non-hydrogen) atoms. The van der Waals surface area contributed by atoms with Crippen molar-refractivity contribution in [2.24, 2.45) is 17.3 Å². The van der Waals surface area contributed by atoms with E-state index in [1.165, 1.54) is 0 Å². The molecule has 0 aromatic carbocycles. The van der Waals surface area contributed by atoms with Crippen molar-refractivity contribution in [2.75, 3.05) is 13.6 Å². The third-order valence-electron chi connectivity index (χ3n) is 4.08. The molecule has 0 aromatic rings. The Labute approximate surface area is 99.8 Å². The summed E-state index contributed by atoms with van der Waals surface area (Å²) in [5.74, 6) is 1.26. The minimum Gasteiger partial charge on any atom is -0.427 e. The number of rotatable bonds is 6. The van der Waals surface area contributed by atoms with Crippen molar-refractivity contribution in [1.29, 1.82) is 0 Å². The molecular weight excluding hydrogens is 201 g/mol. The summed E-state index contributed by atoms with van der Waals surface area (Å²) in [7, 11) is 0.844. The summed E-state index contributed by atoms with van der Waals surface area (Å²) in [6.07, 6.45) is 3.21. The predicted molar refractivity (Wildman–Crippen MR) is 68.2 cm³/mol. The lowest BCUT2D eigenvalue weighted by Gasteiger charge is -2.47. The molecule has 1 fully saturated rings. The van der Waals surface area contributed by atoms with Gasteiger partial charge in [0.05, 0.1) is 0 Å². The summed E-state index contributed by atoms with van der Waals surface area (Å²) in [6.45, 7) is 7.67. The first-order chi connectivity index (χ1) is 7.41. The highest BCUT2D eigenvalue weighted by molar-refractivity contribution is 6.43. The van der Waals surface area contributed by atoms with Gasteiger partial charge in [0.1, 0.15) is 0 Å². The third-order valence-corrected chi connectivity index (χ3v) is 4.08. The normalized spacial score (nSPS) is 30.0. The maximum Gasteiger partial charge on any atom is 0.455 e. The van der Waals surface area contributed by atoms with E-state index in [2.05, 4.69) is 26.1 Å². The first kappa shape index (κ1) is 14.0. The number of hydrogen-bond acceptors (Lipinski definition) is 3. The lowest BCUT2D eigenvalue weighted by Crippen LogP contribution is -2.44. The lowest BCUT2D eigenvalue weighted by atomic mass is 9.47. The quantitative estimate of drug-likeness (QED) is 0.603. The van der Waals surface area contributed by atoms with E-state index in [4.69, 9.17) is 0 Å². The zero-order valence-electron chi connectivity index (χ0n) is 11.0. The second kappa shape index (κ2) is 5.52. The molecule has 0 spiro atoms. The summed E-state index contributed by atoms with van der Waals surface area (Å²) < 4.78 is 0. The molecule has 0 bridgehead atoms. The largest absolute Gasteiger partial charge is 0.455 e. The van der Waals surface area contributed by atoms with Crippen molar-refractivity contribution in [3.63, 3.8) is 0 Å². The molecule has 0 amide bonds. The molecule has 3 atom stereocenters. The number of nitrogens with one attached hydrogen (secondary N) is 1. The van der Waals surface area contributed by atoms with Crippen molar-refractivity contribution >= 4 is 7.12 Å². The fourth-order valence-electron chi connectivity index (χ4n) is 3.17. The average molecular weight is 227 g/mol. The molecule has 0 radical (unpaired) electrons. The van der Waals surface area contributed by atoms with Crippen LogP contribution in [-0.4, -0.2) is 30.8 Å². The Hall–Kier alpha value is -0.0551. The molecule has 2 unspecified atom stereocenters. The van der Waals surface area contributed by atoms with Gasteiger partial charge in [-0.3, -0.25) is 0 Å². The summed E-state index contributed by atoms with van der Waals surface area (Å²) in [4.78, 5) is 0. The van der Waals surface area contributed by atoms with E-state index in [9.17, 15) is 10.0 Å². The second-order valence-electron chi connectivity index (χ2n) is 6.04. The first-order valence-corrected chi connectivity index (χ1v) is 6.42. The van der Waals surface area contributed by atoms with Crippen LogP contribution in [0.1, 0.15) is 40.0 Å². The SMILES string of the molecule is CCC1CC(B(O)O)[C@@H]1CC(C)(C)CNC. The fraction of sp³-hybridized carbons (Fsp3) is 1.00. The van der Waals surface area contributed by atoms with Gasteiger partial charge in [0.15, 0.2) is 0 Å². The average Bonchev–Trinajstić information content (AvgIpc) is 2.13. The Morgan fingerprint density at radius 2 is 2.00 bits per heavy atom. The van der Waals surface area contributed by atoms with Gasteiger partial charge in [-0.15, -0.1) is 0 Å². The summed E-state index contributed by atoms with van der Waals surface area (Å²) in [6, 6.07) is 0. The van der Waals surface area contributed by atoms with Crippen molar-refractivity contribution in [3.8, 4) is 0 Å². The van der Waals surface area contributed by atoms with Crippen LogP contribution in [0, 0.1) is 17.3 Å². The topological polar surface area (TPSA) is 52.5 Å². The molecule has 1 rings (SSSR count). The molecule has 3 nitrogen and oxygen atoms in total. The van der Waals surface area contributed by atoms with Crippen molar-refractivity contribution < 1.29 is 10.0 Å². The van der Waals surface area contributed by atoms with Crippen LogP contribution in [0.15, 0.2) is 0 Å². The van der Waals surface area contributed by atoms with Gasteiger partial charge < -0.3 is 15.4 Å². The Kier molecular flexibility index (Phi) is 4.83. The van der Waals surface area contributed by atoms with Crippen LogP contribution < -0.4 is 5.32 Å². The van der Waals surface area contributed by atoms with E-state index in [1.807, 2.05) is 7.05 Å². The maximum absolute atomic E-state index is 9.32. The Morgan fingerprint density at radius 1 is 1.38 bits per heavy atom. The Balaban J connectivity index is 2.55. The van der Waals surface area contributed by atoms with Gasteiger partial charge in [-0.25, -0.2) is 0 Å². The molecule has 0 heterocycles. The Morgan fingerprint density at radius 3 is 2.44 bits per heavy atom. The maximum atomic E-state index is 9.32. The van der Waals surface area contributed by atoms with Gasteiger partial charge >= 0.3 is 7.12 Å². The molecule has 1 aliphatic carbocycles. The van der Waals surface area contributed by atoms with Crippen molar-refractivity contribution in [1.82, 2.24) is 5.32 Å². The van der Waals surface area contributed by atoms with Crippen LogP contribution in [0.25, 0.3) is 0 Å². The van der Waals surface area contributed by atoms with Crippen LogP contribution in [0.4, 0.5) is 0 Å². The molecule has 1 saturated carbocycles. The minimum absolute atomic E-state index is 0.0982. The smallest absolute Gasteiger partial charge is 0.427 e. The molecule has 3 N–H and O–H groups in total. The van der Waals surface area contributed by atoms with E-state index in [0.717, 1.165) is 25.8 Å².